The fourth-order valence-electron chi connectivity index (χ4n) is 3.65. The van der Waals surface area contributed by atoms with Gasteiger partial charge in [-0.15, -0.1) is 0 Å². The van der Waals surface area contributed by atoms with Crippen molar-refractivity contribution in [3.05, 3.63) is 0 Å². The number of hydrogen-bond donors (Lipinski definition) is 1. The normalized spacial score (nSPS) is 38.2. The van der Waals surface area contributed by atoms with E-state index in [1.54, 1.807) is 0 Å². The van der Waals surface area contributed by atoms with Crippen molar-refractivity contribution in [3.8, 4) is 0 Å². The van der Waals surface area contributed by atoms with Crippen LogP contribution in [0.25, 0.3) is 0 Å². The molecule has 0 aromatic carbocycles. The summed E-state index contributed by atoms with van der Waals surface area (Å²) in [5, 5.41) is 3.45. The molecule has 90 valence electrons. The van der Waals surface area contributed by atoms with Gasteiger partial charge >= 0.3 is 0 Å². The van der Waals surface area contributed by atoms with E-state index in [1.807, 2.05) is 11.9 Å². The van der Waals surface area contributed by atoms with Crippen molar-refractivity contribution in [1.29, 1.82) is 0 Å². The molecule has 1 aliphatic heterocycles. The molecule has 0 spiro atoms. The molecule has 2 atom stereocenters. The van der Waals surface area contributed by atoms with Crippen molar-refractivity contribution in [2.75, 3.05) is 20.1 Å². The second-order valence-corrected chi connectivity index (χ2v) is 5.88. The highest BCUT2D eigenvalue weighted by Crippen LogP contribution is 2.46. The number of nitrogens with one attached hydrogen (secondary N) is 1. The molecule has 3 heteroatoms. The van der Waals surface area contributed by atoms with Crippen LogP contribution in [0.1, 0.15) is 38.5 Å². The standard InChI is InChI=1S/C13H22N2O/c1-15(11-5-6-11)12(16)13-7-3-2-4-10(13)8-14-9-13/h10-11,14H,2-9H2,1H3/t10-,13+/m0/s1. The van der Waals surface area contributed by atoms with Crippen molar-refractivity contribution in [2.45, 2.75) is 44.6 Å². The first kappa shape index (κ1) is 10.6. The van der Waals surface area contributed by atoms with Gasteiger partial charge in [-0.25, -0.2) is 0 Å². The Morgan fingerprint density at radius 1 is 1.31 bits per heavy atom. The van der Waals surface area contributed by atoms with Crippen LogP contribution in [0, 0.1) is 11.3 Å². The maximum absolute atomic E-state index is 12.7. The van der Waals surface area contributed by atoms with Crippen LogP contribution in [0.15, 0.2) is 0 Å². The Hall–Kier alpha value is -0.570. The highest BCUT2D eigenvalue weighted by atomic mass is 16.2. The lowest BCUT2D eigenvalue weighted by molar-refractivity contribution is -0.144. The Balaban J connectivity index is 1.81. The van der Waals surface area contributed by atoms with Gasteiger partial charge in [-0.1, -0.05) is 12.8 Å². The molecule has 2 aliphatic carbocycles. The van der Waals surface area contributed by atoms with E-state index in [1.165, 1.54) is 32.1 Å². The van der Waals surface area contributed by atoms with E-state index < -0.39 is 0 Å². The monoisotopic (exact) mass is 222 g/mol. The fourth-order valence-corrected chi connectivity index (χ4v) is 3.65. The van der Waals surface area contributed by atoms with Gasteiger partial charge in [-0.2, -0.15) is 0 Å². The van der Waals surface area contributed by atoms with E-state index in [2.05, 4.69) is 5.32 Å². The maximum Gasteiger partial charge on any atom is 0.230 e. The number of fused-ring (bicyclic) bond motifs is 1. The highest BCUT2D eigenvalue weighted by molar-refractivity contribution is 5.84. The van der Waals surface area contributed by atoms with Crippen LogP contribution in [0.3, 0.4) is 0 Å². The van der Waals surface area contributed by atoms with E-state index in [0.717, 1.165) is 19.5 Å². The van der Waals surface area contributed by atoms with E-state index >= 15 is 0 Å². The molecule has 3 rings (SSSR count). The lowest BCUT2D eigenvalue weighted by atomic mass is 9.67. The summed E-state index contributed by atoms with van der Waals surface area (Å²) in [6.45, 7) is 1.98. The van der Waals surface area contributed by atoms with Crippen molar-refractivity contribution >= 4 is 5.91 Å². The molecule has 1 amide bonds. The third-order valence-corrected chi connectivity index (χ3v) is 4.88. The molecular formula is C13H22N2O. The zero-order valence-corrected chi connectivity index (χ0v) is 10.2. The first-order valence-corrected chi connectivity index (χ1v) is 6.72. The minimum atomic E-state index is -0.0322. The Kier molecular flexibility index (Phi) is 2.46. The maximum atomic E-state index is 12.7. The van der Waals surface area contributed by atoms with Gasteiger partial charge in [0.2, 0.25) is 5.91 Å². The summed E-state index contributed by atoms with van der Waals surface area (Å²) in [7, 11) is 2.01. The Morgan fingerprint density at radius 3 is 2.88 bits per heavy atom. The number of carbonyl (C=O) groups is 1. The highest BCUT2D eigenvalue weighted by Gasteiger charge is 2.52. The molecule has 1 heterocycles. The summed E-state index contributed by atoms with van der Waals surface area (Å²) in [5.74, 6) is 1.04. The minimum absolute atomic E-state index is 0.0322. The fraction of sp³-hybridized carbons (Fsp3) is 0.923. The predicted molar refractivity (Wildman–Crippen MR) is 63.1 cm³/mol. The summed E-state index contributed by atoms with van der Waals surface area (Å²) in [6, 6.07) is 0.560. The van der Waals surface area contributed by atoms with Gasteiger partial charge in [-0.3, -0.25) is 4.79 Å². The van der Waals surface area contributed by atoms with Gasteiger partial charge in [0.15, 0.2) is 0 Å². The number of amides is 1. The molecule has 3 aliphatic rings. The van der Waals surface area contributed by atoms with Gasteiger partial charge in [0.1, 0.15) is 0 Å². The molecule has 16 heavy (non-hydrogen) atoms. The van der Waals surface area contributed by atoms with Crippen LogP contribution >= 0.6 is 0 Å². The summed E-state index contributed by atoms with van der Waals surface area (Å²) in [5.41, 5.74) is -0.0322. The number of nitrogens with zero attached hydrogens (tertiary/aromatic N) is 1. The molecule has 0 bridgehead atoms. The summed E-state index contributed by atoms with van der Waals surface area (Å²) in [6.07, 6.45) is 7.35. The van der Waals surface area contributed by atoms with Crippen LogP contribution in [0.2, 0.25) is 0 Å². The Labute approximate surface area is 97.6 Å². The second kappa shape index (κ2) is 3.73. The van der Waals surface area contributed by atoms with E-state index in [4.69, 9.17) is 0 Å². The van der Waals surface area contributed by atoms with Crippen LogP contribution in [-0.4, -0.2) is 37.0 Å². The zero-order chi connectivity index (χ0) is 11.2. The molecule has 0 radical (unpaired) electrons. The number of carbonyl (C=O) groups excluding carboxylic acids is 1. The van der Waals surface area contributed by atoms with Gasteiger partial charge in [0.05, 0.1) is 5.41 Å². The molecule has 1 saturated heterocycles. The first-order valence-electron chi connectivity index (χ1n) is 6.72. The van der Waals surface area contributed by atoms with E-state index in [9.17, 15) is 4.79 Å². The third kappa shape index (κ3) is 1.48. The smallest absolute Gasteiger partial charge is 0.230 e. The summed E-state index contributed by atoms with van der Waals surface area (Å²) in [4.78, 5) is 14.7. The Morgan fingerprint density at radius 2 is 2.12 bits per heavy atom. The van der Waals surface area contributed by atoms with Crippen LogP contribution in [-0.2, 0) is 4.79 Å². The topological polar surface area (TPSA) is 32.3 Å². The van der Waals surface area contributed by atoms with Crippen LogP contribution in [0.4, 0.5) is 0 Å². The molecular weight excluding hydrogens is 200 g/mol. The van der Waals surface area contributed by atoms with Crippen molar-refractivity contribution in [2.24, 2.45) is 11.3 Å². The molecule has 0 aromatic rings. The lowest BCUT2D eigenvalue weighted by Gasteiger charge is -2.39. The average molecular weight is 222 g/mol. The summed E-state index contributed by atoms with van der Waals surface area (Å²) >= 11 is 0. The van der Waals surface area contributed by atoms with E-state index in [-0.39, 0.29) is 5.41 Å². The summed E-state index contributed by atoms with van der Waals surface area (Å²) < 4.78 is 0. The first-order chi connectivity index (χ1) is 7.74. The third-order valence-electron chi connectivity index (χ3n) is 4.88. The number of rotatable bonds is 2. The van der Waals surface area contributed by atoms with Gasteiger partial charge < -0.3 is 10.2 Å². The van der Waals surface area contributed by atoms with E-state index in [0.29, 0.717) is 17.9 Å². The Bertz CT molecular complexity index is 300. The number of hydrogen-bond acceptors (Lipinski definition) is 2. The van der Waals surface area contributed by atoms with Crippen LogP contribution in [0.5, 0.6) is 0 Å². The van der Waals surface area contributed by atoms with Crippen molar-refractivity contribution < 1.29 is 4.79 Å². The largest absolute Gasteiger partial charge is 0.342 e. The molecule has 0 unspecified atom stereocenters. The van der Waals surface area contributed by atoms with Gasteiger partial charge in [0, 0.05) is 19.6 Å². The molecule has 3 fully saturated rings. The SMILES string of the molecule is CN(C(=O)[C@@]12CCCC[C@H]1CNC2)C1CC1. The van der Waals surface area contributed by atoms with Gasteiger partial charge in [-0.05, 0) is 38.1 Å². The zero-order valence-electron chi connectivity index (χ0n) is 10.2. The lowest BCUT2D eigenvalue weighted by Crippen LogP contribution is -2.49. The molecule has 0 aromatic heterocycles. The van der Waals surface area contributed by atoms with Crippen LogP contribution < -0.4 is 5.32 Å². The predicted octanol–water partition coefficient (Wildman–Crippen LogP) is 1.39. The second-order valence-electron chi connectivity index (χ2n) is 5.88. The minimum Gasteiger partial charge on any atom is -0.342 e. The average Bonchev–Trinajstić information content (AvgIpc) is 3.06. The molecule has 1 N–H and O–H groups in total. The van der Waals surface area contributed by atoms with Crippen molar-refractivity contribution in [3.63, 3.8) is 0 Å². The molecule has 3 nitrogen and oxygen atoms in total. The quantitative estimate of drug-likeness (QED) is 0.765. The van der Waals surface area contributed by atoms with Gasteiger partial charge in [0.25, 0.3) is 0 Å². The van der Waals surface area contributed by atoms with Crippen molar-refractivity contribution in [1.82, 2.24) is 10.2 Å². The molecule has 2 saturated carbocycles.